The lowest BCUT2D eigenvalue weighted by Crippen LogP contribution is -2.26. The van der Waals surface area contributed by atoms with E-state index < -0.39 is 0 Å². The number of hydrogen-bond acceptors (Lipinski definition) is 4. The van der Waals surface area contributed by atoms with E-state index in [4.69, 9.17) is 4.42 Å². The molecular weight excluding hydrogens is 266 g/mol. The summed E-state index contributed by atoms with van der Waals surface area (Å²) in [4.78, 5) is 16.6. The molecule has 1 amide bonds. The number of hydrogen-bond donors (Lipinski definition) is 2. The monoisotopic (exact) mass is 287 g/mol. The Morgan fingerprint density at radius 3 is 2.86 bits per heavy atom. The van der Waals surface area contributed by atoms with Crippen LogP contribution < -0.4 is 10.6 Å². The highest BCUT2D eigenvalue weighted by atomic mass is 16.3. The Kier molecular flexibility index (Phi) is 5.37. The van der Waals surface area contributed by atoms with E-state index in [1.165, 1.54) is 0 Å². The number of aryl methyl sites for hydroxylation is 1. The van der Waals surface area contributed by atoms with Crippen LogP contribution in [0.25, 0.3) is 0 Å². The molecule has 0 saturated heterocycles. The largest absolute Gasteiger partial charge is 0.469 e. The molecule has 0 bridgehead atoms. The SMILES string of the molecule is CCCc1cc(C(=O)NCCc2ccco2)cc(NC)n1. The fraction of sp³-hybridized carbons (Fsp3) is 0.375. The van der Waals surface area contributed by atoms with E-state index in [-0.39, 0.29) is 5.91 Å². The quantitative estimate of drug-likeness (QED) is 0.821. The molecule has 0 aromatic carbocycles. The Morgan fingerprint density at radius 2 is 2.19 bits per heavy atom. The summed E-state index contributed by atoms with van der Waals surface area (Å²) >= 11 is 0. The molecule has 5 heteroatoms. The Labute approximate surface area is 124 Å². The van der Waals surface area contributed by atoms with Crippen LogP contribution >= 0.6 is 0 Å². The summed E-state index contributed by atoms with van der Waals surface area (Å²) in [5, 5.41) is 5.90. The molecule has 112 valence electrons. The maximum Gasteiger partial charge on any atom is 0.251 e. The van der Waals surface area contributed by atoms with Gasteiger partial charge in [-0.15, -0.1) is 0 Å². The molecule has 2 heterocycles. The molecule has 0 unspecified atom stereocenters. The number of carbonyl (C=O) groups excluding carboxylic acids is 1. The molecule has 0 aliphatic carbocycles. The van der Waals surface area contributed by atoms with Crippen molar-refractivity contribution in [3.05, 3.63) is 47.5 Å². The van der Waals surface area contributed by atoms with Gasteiger partial charge in [-0.1, -0.05) is 13.3 Å². The minimum atomic E-state index is -0.0854. The first kappa shape index (κ1) is 15.1. The number of amides is 1. The summed E-state index contributed by atoms with van der Waals surface area (Å²) in [7, 11) is 1.80. The van der Waals surface area contributed by atoms with Crippen molar-refractivity contribution in [2.75, 3.05) is 18.9 Å². The Morgan fingerprint density at radius 1 is 1.33 bits per heavy atom. The lowest BCUT2D eigenvalue weighted by molar-refractivity contribution is 0.0953. The number of carbonyl (C=O) groups is 1. The lowest BCUT2D eigenvalue weighted by atomic mass is 10.1. The number of nitrogens with zero attached hydrogens (tertiary/aromatic N) is 1. The topological polar surface area (TPSA) is 67.2 Å². The number of furan rings is 1. The molecule has 0 atom stereocenters. The third kappa shape index (κ3) is 4.34. The Bertz CT molecular complexity index is 579. The van der Waals surface area contributed by atoms with Gasteiger partial charge in [0.15, 0.2) is 0 Å². The first-order valence-corrected chi connectivity index (χ1v) is 7.22. The highest BCUT2D eigenvalue weighted by molar-refractivity contribution is 5.95. The molecular formula is C16H21N3O2. The highest BCUT2D eigenvalue weighted by Gasteiger charge is 2.09. The van der Waals surface area contributed by atoms with Crippen molar-refractivity contribution >= 4 is 11.7 Å². The molecule has 0 saturated carbocycles. The Balaban J connectivity index is 1.98. The van der Waals surface area contributed by atoms with E-state index in [2.05, 4.69) is 22.5 Å². The van der Waals surface area contributed by atoms with Crippen LogP contribution in [0.1, 0.15) is 35.2 Å². The van der Waals surface area contributed by atoms with Crippen LogP contribution in [-0.2, 0) is 12.8 Å². The zero-order valence-electron chi connectivity index (χ0n) is 12.5. The molecule has 2 rings (SSSR count). The number of anilines is 1. The predicted molar refractivity (Wildman–Crippen MR) is 82.5 cm³/mol. The standard InChI is InChI=1S/C16H21N3O2/c1-3-5-13-10-12(11-15(17-2)19-13)16(20)18-8-7-14-6-4-9-21-14/h4,6,9-11H,3,5,7-8H2,1-2H3,(H,17,19)(H,18,20). The number of aromatic nitrogens is 1. The van der Waals surface area contributed by atoms with E-state index in [0.717, 1.165) is 30.1 Å². The summed E-state index contributed by atoms with van der Waals surface area (Å²) in [5.74, 6) is 1.50. The van der Waals surface area contributed by atoms with Gasteiger partial charge in [-0.3, -0.25) is 4.79 Å². The zero-order valence-corrected chi connectivity index (χ0v) is 12.5. The highest BCUT2D eigenvalue weighted by Crippen LogP contribution is 2.12. The van der Waals surface area contributed by atoms with Crippen LogP contribution in [0.15, 0.2) is 34.9 Å². The molecule has 2 aromatic heterocycles. The predicted octanol–water partition coefficient (Wildman–Crippen LogP) is 2.64. The van der Waals surface area contributed by atoms with Crippen molar-refractivity contribution < 1.29 is 9.21 Å². The van der Waals surface area contributed by atoms with Crippen molar-refractivity contribution in [1.29, 1.82) is 0 Å². The van der Waals surface area contributed by atoms with E-state index in [9.17, 15) is 4.79 Å². The van der Waals surface area contributed by atoms with Gasteiger partial charge in [0.1, 0.15) is 11.6 Å². The molecule has 0 aliphatic heterocycles. The first-order chi connectivity index (χ1) is 10.2. The number of pyridine rings is 1. The maximum atomic E-state index is 12.2. The van der Waals surface area contributed by atoms with Gasteiger partial charge in [0, 0.05) is 31.3 Å². The van der Waals surface area contributed by atoms with Crippen LogP contribution in [0.5, 0.6) is 0 Å². The van der Waals surface area contributed by atoms with E-state index in [1.807, 2.05) is 18.2 Å². The van der Waals surface area contributed by atoms with Gasteiger partial charge in [-0.05, 0) is 30.7 Å². The molecule has 0 aliphatic rings. The maximum absolute atomic E-state index is 12.2. The van der Waals surface area contributed by atoms with Crippen molar-refractivity contribution in [3.8, 4) is 0 Å². The van der Waals surface area contributed by atoms with Gasteiger partial charge in [-0.25, -0.2) is 4.98 Å². The average molecular weight is 287 g/mol. The lowest BCUT2D eigenvalue weighted by Gasteiger charge is -2.09. The van der Waals surface area contributed by atoms with E-state index in [0.29, 0.717) is 18.5 Å². The summed E-state index contributed by atoms with van der Waals surface area (Å²) < 4.78 is 5.24. The summed E-state index contributed by atoms with van der Waals surface area (Å²) in [6.45, 7) is 2.64. The summed E-state index contributed by atoms with van der Waals surface area (Å²) in [5.41, 5.74) is 1.57. The van der Waals surface area contributed by atoms with E-state index in [1.54, 1.807) is 19.4 Å². The molecule has 0 spiro atoms. The third-order valence-corrected chi connectivity index (χ3v) is 3.14. The summed E-state index contributed by atoms with van der Waals surface area (Å²) in [6.07, 6.45) is 4.18. The molecule has 5 nitrogen and oxygen atoms in total. The second-order valence-electron chi connectivity index (χ2n) is 4.82. The van der Waals surface area contributed by atoms with Crippen LogP contribution in [-0.4, -0.2) is 24.5 Å². The second-order valence-corrected chi connectivity index (χ2v) is 4.82. The summed E-state index contributed by atoms with van der Waals surface area (Å²) in [6, 6.07) is 7.36. The smallest absolute Gasteiger partial charge is 0.251 e. The van der Waals surface area contributed by atoms with Crippen molar-refractivity contribution in [2.24, 2.45) is 0 Å². The fourth-order valence-electron chi connectivity index (χ4n) is 2.09. The minimum absolute atomic E-state index is 0.0854. The normalized spacial score (nSPS) is 10.4. The third-order valence-electron chi connectivity index (χ3n) is 3.14. The van der Waals surface area contributed by atoms with Gasteiger partial charge in [0.25, 0.3) is 5.91 Å². The zero-order chi connectivity index (χ0) is 15.1. The van der Waals surface area contributed by atoms with Crippen molar-refractivity contribution in [2.45, 2.75) is 26.2 Å². The molecule has 2 N–H and O–H groups in total. The van der Waals surface area contributed by atoms with E-state index >= 15 is 0 Å². The van der Waals surface area contributed by atoms with Crippen LogP contribution in [0.4, 0.5) is 5.82 Å². The van der Waals surface area contributed by atoms with Crippen LogP contribution in [0.3, 0.4) is 0 Å². The average Bonchev–Trinajstić information content (AvgIpc) is 3.00. The van der Waals surface area contributed by atoms with Crippen molar-refractivity contribution in [1.82, 2.24) is 10.3 Å². The minimum Gasteiger partial charge on any atom is -0.469 e. The molecule has 0 radical (unpaired) electrons. The number of nitrogens with one attached hydrogen (secondary N) is 2. The van der Waals surface area contributed by atoms with Gasteiger partial charge in [0.2, 0.25) is 0 Å². The van der Waals surface area contributed by atoms with Gasteiger partial charge in [-0.2, -0.15) is 0 Å². The first-order valence-electron chi connectivity index (χ1n) is 7.22. The van der Waals surface area contributed by atoms with Crippen LogP contribution in [0, 0.1) is 0 Å². The Hall–Kier alpha value is -2.30. The van der Waals surface area contributed by atoms with Crippen LogP contribution in [0.2, 0.25) is 0 Å². The van der Waals surface area contributed by atoms with Gasteiger partial charge < -0.3 is 15.1 Å². The number of rotatable bonds is 7. The molecule has 21 heavy (non-hydrogen) atoms. The van der Waals surface area contributed by atoms with Gasteiger partial charge >= 0.3 is 0 Å². The molecule has 2 aromatic rings. The van der Waals surface area contributed by atoms with Gasteiger partial charge in [0.05, 0.1) is 6.26 Å². The molecule has 0 fully saturated rings. The fourth-order valence-corrected chi connectivity index (χ4v) is 2.09. The second kappa shape index (κ2) is 7.47. The van der Waals surface area contributed by atoms with Crippen molar-refractivity contribution in [3.63, 3.8) is 0 Å².